The fourth-order valence-corrected chi connectivity index (χ4v) is 5.33. The molecule has 0 aromatic carbocycles. The maximum atomic E-state index is 12.1. The van der Waals surface area contributed by atoms with Crippen LogP contribution < -0.4 is 4.72 Å². The van der Waals surface area contributed by atoms with E-state index in [-0.39, 0.29) is 20.8 Å². The molecule has 2 aromatic rings. The Labute approximate surface area is 135 Å². The summed E-state index contributed by atoms with van der Waals surface area (Å²) in [6, 6.07) is 2.79. The van der Waals surface area contributed by atoms with E-state index in [1.54, 1.807) is 0 Å². The van der Waals surface area contributed by atoms with Crippen LogP contribution in [0.5, 0.6) is 0 Å². The molecule has 1 N–H and O–H groups in total. The zero-order chi connectivity index (χ0) is 15.8. The summed E-state index contributed by atoms with van der Waals surface area (Å²) in [7, 11) is -1.03. The van der Waals surface area contributed by atoms with Crippen molar-refractivity contribution < 1.29 is 16.8 Å². The number of aryl methyl sites for hydroxylation is 1. The van der Waals surface area contributed by atoms with Gasteiger partial charge < -0.3 is 0 Å². The lowest BCUT2D eigenvalue weighted by Gasteiger charge is -2.06. The molecule has 0 aliphatic rings. The van der Waals surface area contributed by atoms with Crippen LogP contribution in [0.1, 0.15) is 4.88 Å². The molecule has 0 spiro atoms. The average Bonchev–Trinajstić information content (AvgIpc) is 2.93. The highest BCUT2D eigenvalue weighted by Gasteiger charge is 2.23. The van der Waals surface area contributed by atoms with E-state index in [9.17, 15) is 16.8 Å². The summed E-state index contributed by atoms with van der Waals surface area (Å²) in [5.74, 6) is 0. The minimum Gasteiger partial charge on any atom is -0.255 e. The summed E-state index contributed by atoms with van der Waals surface area (Å²) in [5, 5.41) is 3.58. The summed E-state index contributed by atoms with van der Waals surface area (Å²) in [5.41, 5.74) is 0. The van der Waals surface area contributed by atoms with Crippen LogP contribution >= 0.6 is 33.6 Å². The molecule has 0 saturated carbocycles. The number of nitrogens with zero attached hydrogens (tertiary/aromatic N) is 2. The van der Waals surface area contributed by atoms with Crippen molar-refractivity contribution in [2.75, 3.05) is 0 Å². The molecule has 0 atom stereocenters. The predicted molar refractivity (Wildman–Crippen MR) is 79.6 cm³/mol. The van der Waals surface area contributed by atoms with E-state index in [2.05, 4.69) is 9.82 Å². The first-order chi connectivity index (χ1) is 9.61. The third kappa shape index (κ3) is 3.76. The zero-order valence-electron chi connectivity index (χ0n) is 10.4. The van der Waals surface area contributed by atoms with Gasteiger partial charge in [0.1, 0.15) is 4.21 Å². The van der Waals surface area contributed by atoms with Crippen molar-refractivity contribution in [1.82, 2.24) is 14.5 Å². The van der Waals surface area contributed by atoms with Crippen molar-refractivity contribution in [3.05, 3.63) is 28.2 Å². The third-order valence-corrected chi connectivity index (χ3v) is 7.50. The molecule has 0 aliphatic carbocycles. The molecular weight excluding hydrogens is 381 g/mol. The number of nitrogens with one attached hydrogen (secondary N) is 1. The SMILES string of the molecule is Cn1ncc(Cl)c1S(=O)(=O)NCc1ccc(S(=O)(=O)Cl)s1. The first-order valence-corrected chi connectivity index (χ1v) is 10.3. The molecular formula is C9H9Cl2N3O4S3. The van der Waals surface area contributed by atoms with E-state index < -0.39 is 19.1 Å². The summed E-state index contributed by atoms with van der Waals surface area (Å²) in [6.07, 6.45) is 1.22. The van der Waals surface area contributed by atoms with Crippen molar-refractivity contribution in [1.29, 1.82) is 0 Å². The molecule has 12 heteroatoms. The van der Waals surface area contributed by atoms with Gasteiger partial charge in [0.05, 0.1) is 11.2 Å². The number of hydrogen-bond donors (Lipinski definition) is 1. The number of sulfonamides is 1. The molecule has 0 saturated heterocycles. The Balaban J connectivity index is 2.18. The Morgan fingerprint density at radius 1 is 1.33 bits per heavy atom. The molecule has 0 unspecified atom stereocenters. The molecule has 0 bridgehead atoms. The standard InChI is InChI=1S/C9H9Cl2N3O4S3/c1-14-9(7(10)5-12-14)21(17,18)13-4-6-2-3-8(19-6)20(11,15)16/h2-3,5,13H,4H2,1H3. The lowest BCUT2D eigenvalue weighted by atomic mass is 10.5. The quantitative estimate of drug-likeness (QED) is 0.781. The predicted octanol–water partition coefficient (Wildman–Crippen LogP) is 1.54. The van der Waals surface area contributed by atoms with Crippen LogP contribution in [0.4, 0.5) is 0 Å². The van der Waals surface area contributed by atoms with E-state index in [0.717, 1.165) is 16.0 Å². The molecule has 116 valence electrons. The maximum Gasteiger partial charge on any atom is 0.270 e. The van der Waals surface area contributed by atoms with E-state index in [1.165, 1.54) is 25.4 Å². The van der Waals surface area contributed by atoms with Gasteiger partial charge >= 0.3 is 0 Å². The van der Waals surface area contributed by atoms with Crippen LogP contribution in [0.15, 0.2) is 27.6 Å². The number of aromatic nitrogens is 2. The Morgan fingerprint density at radius 3 is 2.48 bits per heavy atom. The monoisotopic (exact) mass is 389 g/mol. The van der Waals surface area contributed by atoms with Gasteiger partial charge in [-0.3, -0.25) is 4.68 Å². The number of rotatable bonds is 5. The van der Waals surface area contributed by atoms with Crippen LogP contribution in [-0.2, 0) is 32.7 Å². The lowest BCUT2D eigenvalue weighted by Crippen LogP contribution is -2.25. The summed E-state index contributed by atoms with van der Waals surface area (Å²) in [4.78, 5) is 0.496. The number of thiophene rings is 1. The summed E-state index contributed by atoms with van der Waals surface area (Å²) in [6.45, 7) is -0.0824. The summed E-state index contributed by atoms with van der Waals surface area (Å²) < 4.78 is 49.9. The fourth-order valence-electron chi connectivity index (χ4n) is 1.52. The number of halogens is 2. The molecule has 0 amide bonds. The van der Waals surface area contributed by atoms with Crippen molar-refractivity contribution in [3.8, 4) is 0 Å². The first-order valence-electron chi connectivity index (χ1n) is 5.32. The Hall–Kier alpha value is -0.650. The van der Waals surface area contributed by atoms with Crippen LogP contribution in [0.3, 0.4) is 0 Å². The smallest absolute Gasteiger partial charge is 0.255 e. The van der Waals surface area contributed by atoms with E-state index >= 15 is 0 Å². The average molecular weight is 390 g/mol. The largest absolute Gasteiger partial charge is 0.270 e. The van der Waals surface area contributed by atoms with Crippen molar-refractivity contribution >= 4 is 52.7 Å². The van der Waals surface area contributed by atoms with E-state index in [4.69, 9.17) is 22.3 Å². The van der Waals surface area contributed by atoms with Gasteiger partial charge in [0.2, 0.25) is 0 Å². The fraction of sp³-hybridized carbons (Fsp3) is 0.222. The molecule has 2 heterocycles. The number of hydrogen-bond acceptors (Lipinski definition) is 6. The Kier molecular flexibility index (Phi) is 4.66. The third-order valence-electron chi connectivity index (χ3n) is 2.41. The molecule has 7 nitrogen and oxygen atoms in total. The van der Waals surface area contributed by atoms with Crippen molar-refractivity contribution in [2.24, 2.45) is 7.05 Å². The van der Waals surface area contributed by atoms with Gasteiger partial charge in [0, 0.05) is 29.2 Å². The van der Waals surface area contributed by atoms with Gasteiger partial charge in [-0.25, -0.2) is 21.6 Å². The molecule has 21 heavy (non-hydrogen) atoms. The second-order valence-electron chi connectivity index (χ2n) is 3.90. The minimum atomic E-state index is -3.86. The van der Waals surface area contributed by atoms with Gasteiger partial charge in [0.15, 0.2) is 5.03 Å². The Bertz CT molecular complexity index is 850. The van der Waals surface area contributed by atoms with Crippen LogP contribution in [-0.4, -0.2) is 26.6 Å². The lowest BCUT2D eigenvalue weighted by molar-refractivity contribution is 0.563. The molecule has 2 aromatic heterocycles. The maximum absolute atomic E-state index is 12.1. The van der Waals surface area contributed by atoms with Gasteiger partial charge in [-0.1, -0.05) is 11.6 Å². The second-order valence-corrected chi connectivity index (χ2v) is 9.95. The topological polar surface area (TPSA) is 98.1 Å². The van der Waals surface area contributed by atoms with Crippen molar-refractivity contribution in [3.63, 3.8) is 0 Å². The van der Waals surface area contributed by atoms with Gasteiger partial charge in [-0.2, -0.15) is 5.10 Å². The van der Waals surface area contributed by atoms with E-state index in [0.29, 0.717) is 4.88 Å². The van der Waals surface area contributed by atoms with Crippen LogP contribution in [0.25, 0.3) is 0 Å². The van der Waals surface area contributed by atoms with Gasteiger partial charge in [0.25, 0.3) is 19.1 Å². The highest BCUT2D eigenvalue weighted by molar-refractivity contribution is 8.15. The van der Waals surface area contributed by atoms with Crippen LogP contribution in [0, 0.1) is 0 Å². The Morgan fingerprint density at radius 2 is 2.00 bits per heavy atom. The minimum absolute atomic E-state index is 0.000189. The van der Waals surface area contributed by atoms with Gasteiger partial charge in [-0.15, -0.1) is 11.3 Å². The molecule has 0 radical (unpaired) electrons. The molecule has 0 aliphatic heterocycles. The summed E-state index contributed by atoms with van der Waals surface area (Å²) >= 11 is 6.66. The second kappa shape index (κ2) is 5.86. The molecule has 0 fully saturated rings. The highest BCUT2D eigenvalue weighted by Crippen LogP contribution is 2.25. The zero-order valence-corrected chi connectivity index (χ0v) is 14.4. The normalized spacial score (nSPS) is 12.7. The van der Waals surface area contributed by atoms with Crippen LogP contribution in [0.2, 0.25) is 5.02 Å². The first kappa shape index (κ1) is 16.7. The van der Waals surface area contributed by atoms with Gasteiger partial charge in [-0.05, 0) is 12.1 Å². The highest BCUT2D eigenvalue weighted by atomic mass is 35.7. The van der Waals surface area contributed by atoms with Crippen molar-refractivity contribution in [2.45, 2.75) is 15.8 Å². The molecule has 2 rings (SSSR count). The van der Waals surface area contributed by atoms with E-state index in [1.807, 2.05) is 0 Å².